The van der Waals surface area contributed by atoms with Gasteiger partial charge >= 0.3 is 5.97 Å². The SMILES string of the molecule is COC(=O)c1ccc(CNCC2CCC(=O)N2)c(Br)c1. The first-order chi connectivity index (χ1) is 9.60. The molecule has 5 nitrogen and oxygen atoms in total. The van der Waals surface area contributed by atoms with Crippen molar-refractivity contribution in [2.24, 2.45) is 0 Å². The fourth-order valence-electron chi connectivity index (χ4n) is 2.15. The Kier molecular flexibility index (Phi) is 5.14. The van der Waals surface area contributed by atoms with E-state index in [2.05, 4.69) is 31.3 Å². The van der Waals surface area contributed by atoms with Gasteiger partial charge in [0.2, 0.25) is 5.91 Å². The molecular formula is C14H17BrN2O3. The van der Waals surface area contributed by atoms with E-state index in [1.165, 1.54) is 7.11 Å². The Hall–Kier alpha value is -1.40. The van der Waals surface area contributed by atoms with Crippen LogP contribution in [0.25, 0.3) is 0 Å². The van der Waals surface area contributed by atoms with Crippen LogP contribution in [0.2, 0.25) is 0 Å². The van der Waals surface area contributed by atoms with E-state index in [0.717, 1.165) is 23.0 Å². The topological polar surface area (TPSA) is 67.4 Å². The van der Waals surface area contributed by atoms with E-state index in [-0.39, 0.29) is 17.9 Å². The first-order valence-corrected chi connectivity index (χ1v) is 7.26. The van der Waals surface area contributed by atoms with Crippen molar-refractivity contribution in [3.05, 3.63) is 33.8 Å². The second-order valence-electron chi connectivity index (χ2n) is 4.73. The zero-order chi connectivity index (χ0) is 14.5. The molecule has 1 saturated heterocycles. The molecule has 1 heterocycles. The summed E-state index contributed by atoms with van der Waals surface area (Å²) in [4.78, 5) is 22.5. The summed E-state index contributed by atoms with van der Waals surface area (Å²) in [6, 6.07) is 5.59. The molecule has 20 heavy (non-hydrogen) atoms. The van der Waals surface area contributed by atoms with E-state index in [9.17, 15) is 9.59 Å². The third kappa shape index (κ3) is 3.80. The van der Waals surface area contributed by atoms with Crippen molar-refractivity contribution < 1.29 is 14.3 Å². The standard InChI is InChI=1S/C14H17BrN2O3/c1-20-14(19)9-2-3-10(12(15)6-9)7-16-8-11-4-5-13(18)17-11/h2-3,6,11,16H,4-5,7-8H2,1H3,(H,17,18). The molecule has 0 aromatic heterocycles. The highest BCUT2D eigenvalue weighted by Crippen LogP contribution is 2.19. The minimum Gasteiger partial charge on any atom is -0.465 e. The lowest BCUT2D eigenvalue weighted by Gasteiger charge is -2.12. The molecule has 1 aromatic rings. The average molecular weight is 341 g/mol. The molecule has 1 aliphatic heterocycles. The summed E-state index contributed by atoms with van der Waals surface area (Å²) in [6.45, 7) is 1.42. The van der Waals surface area contributed by atoms with Crippen LogP contribution in [0.3, 0.4) is 0 Å². The molecule has 2 rings (SSSR count). The lowest BCUT2D eigenvalue weighted by molar-refractivity contribution is -0.119. The third-order valence-electron chi connectivity index (χ3n) is 3.27. The molecule has 1 aliphatic rings. The molecule has 0 aliphatic carbocycles. The Bertz CT molecular complexity index is 519. The van der Waals surface area contributed by atoms with Crippen LogP contribution < -0.4 is 10.6 Å². The predicted molar refractivity (Wildman–Crippen MR) is 78.4 cm³/mol. The van der Waals surface area contributed by atoms with Crippen molar-refractivity contribution in [1.82, 2.24) is 10.6 Å². The molecule has 0 saturated carbocycles. The minimum atomic E-state index is -0.348. The lowest BCUT2D eigenvalue weighted by atomic mass is 10.1. The summed E-state index contributed by atoms with van der Waals surface area (Å²) in [5, 5.41) is 6.22. The highest BCUT2D eigenvalue weighted by atomic mass is 79.9. The van der Waals surface area contributed by atoms with Gasteiger partial charge in [-0.1, -0.05) is 22.0 Å². The van der Waals surface area contributed by atoms with Crippen LogP contribution in [-0.2, 0) is 16.1 Å². The second-order valence-corrected chi connectivity index (χ2v) is 5.59. The van der Waals surface area contributed by atoms with Gasteiger partial charge in [0.1, 0.15) is 0 Å². The normalized spacial score (nSPS) is 17.9. The Balaban J connectivity index is 1.87. The molecule has 2 N–H and O–H groups in total. The fraction of sp³-hybridized carbons (Fsp3) is 0.429. The van der Waals surface area contributed by atoms with Crippen LogP contribution in [-0.4, -0.2) is 31.6 Å². The zero-order valence-electron chi connectivity index (χ0n) is 11.2. The number of methoxy groups -OCH3 is 1. The smallest absolute Gasteiger partial charge is 0.337 e. The molecule has 0 bridgehead atoms. The van der Waals surface area contributed by atoms with E-state index in [4.69, 9.17) is 0 Å². The number of rotatable bonds is 5. The molecule has 1 fully saturated rings. The van der Waals surface area contributed by atoms with Gasteiger partial charge in [0.05, 0.1) is 12.7 Å². The Labute approximate surface area is 126 Å². The maximum Gasteiger partial charge on any atom is 0.337 e. The van der Waals surface area contributed by atoms with Crippen molar-refractivity contribution in [1.29, 1.82) is 0 Å². The van der Waals surface area contributed by atoms with E-state index >= 15 is 0 Å². The number of halogens is 1. The molecule has 0 spiro atoms. The van der Waals surface area contributed by atoms with E-state index in [1.54, 1.807) is 12.1 Å². The second kappa shape index (κ2) is 6.85. The van der Waals surface area contributed by atoms with Gasteiger partial charge in [-0.3, -0.25) is 4.79 Å². The molecule has 6 heteroatoms. The van der Waals surface area contributed by atoms with Gasteiger partial charge in [0.25, 0.3) is 0 Å². The van der Waals surface area contributed by atoms with Crippen molar-refractivity contribution in [3.63, 3.8) is 0 Å². The number of hydrogen-bond acceptors (Lipinski definition) is 4. The molecule has 1 amide bonds. The van der Waals surface area contributed by atoms with Crippen molar-refractivity contribution in [2.45, 2.75) is 25.4 Å². The van der Waals surface area contributed by atoms with Gasteiger partial charge < -0.3 is 15.4 Å². The van der Waals surface area contributed by atoms with Crippen LogP contribution >= 0.6 is 15.9 Å². The maximum absolute atomic E-state index is 11.4. The molecule has 1 atom stereocenters. The van der Waals surface area contributed by atoms with Gasteiger partial charge in [-0.25, -0.2) is 4.79 Å². The lowest BCUT2D eigenvalue weighted by Crippen LogP contribution is -2.35. The van der Waals surface area contributed by atoms with Gasteiger partial charge in [0, 0.05) is 30.0 Å². The largest absolute Gasteiger partial charge is 0.465 e. The van der Waals surface area contributed by atoms with Gasteiger partial charge in [-0.05, 0) is 24.1 Å². The fourth-order valence-corrected chi connectivity index (χ4v) is 2.67. The molecule has 108 valence electrons. The molecule has 1 aromatic carbocycles. The van der Waals surface area contributed by atoms with Gasteiger partial charge in [-0.15, -0.1) is 0 Å². The molecular weight excluding hydrogens is 324 g/mol. The number of esters is 1. The summed E-state index contributed by atoms with van der Waals surface area (Å²) in [5.41, 5.74) is 1.58. The first-order valence-electron chi connectivity index (χ1n) is 6.47. The average Bonchev–Trinajstić information content (AvgIpc) is 2.85. The zero-order valence-corrected chi connectivity index (χ0v) is 12.8. The number of nitrogens with one attached hydrogen (secondary N) is 2. The van der Waals surface area contributed by atoms with Gasteiger partial charge in [0.15, 0.2) is 0 Å². The number of hydrogen-bond donors (Lipinski definition) is 2. The molecule has 1 unspecified atom stereocenters. The quantitative estimate of drug-likeness (QED) is 0.799. The summed E-state index contributed by atoms with van der Waals surface area (Å²) in [6.07, 6.45) is 1.50. The maximum atomic E-state index is 11.4. The molecule has 0 radical (unpaired) electrons. The number of carbonyl (C=O) groups is 2. The minimum absolute atomic E-state index is 0.125. The van der Waals surface area contributed by atoms with Gasteiger partial charge in [-0.2, -0.15) is 0 Å². The third-order valence-corrected chi connectivity index (χ3v) is 4.00. The summed E-state index contributed by atoms with van der Waals surface area (Å²) >= 11 is 3.45. The van der Waals surface area contributed by atoms with Crippen LogP contribution in [0.1, 0.15) is 28.8 Å². The van der Waals surface area contributed by atoms with E-state index in [0.29, 0.717) is 18.5 Å². The van der Waals surface area contributed by atoms with Crippen molar-refractivity contribution in [3.8, 4) is 0 Å². The van der Waals surface area contributed by atoms with Crippen LogP contribution in [0, 0.1) is 0 Å². The number of carbonyl (C=O) groups excluding carboxylic acids is 2. The Morgan fingerprint density at radius 3 is 2.95 bits per heavy atom. The van der Waals surface area contributed by atoms with Crippen LogP contribution in [0.15, 0.2) is 22.7 Å². The van der Waals surface area contributed by atoms with E-state index < -0.39 is 0 Å². The Morgan fingerprint density at radius 1 is 1.55 bits per heavy atom. The van der Waals surface area contributed by atoms with Crippen LogP contribution in [0.5, 0.6) is 0 Å². The van der Waals surface area contributed by atoms with Crippen molar-refractivity contribution in [2.75, 3.05) is 13.7 Å². The first kappa shape index (κ1) is 15.0. The number of ether oxygens (including phenoxy) is 1. The highest BCUT2D eigenvalue weighted by Gasteiger charge is 2.19. The summed E-state index contributed by atoms with van der Waals surface area (Å²) in [7, 11) is 1.36. The Morgan fingerprint density at radius 2 is 2.35 bits per heavy atom. The summed E-state index contributed by atoms with van der Waals surface area (Å²) < 4.78 is 5.54. The number of benzene rings is 1. The highest BCUT2D eigenvalue weighted by molar-refractivity contribution is 9.10. The van der Waals surface area contributed by atoms with E-state index in [1.807, 2.05) is 6.07 Å². The monoisotopic (exact) mass is 340 g/mol. The number of amides is 1. The summed E-state index contributed by atoms with van der Waals surface area (Å²) in [5.74, 6) is -0.223. The van der Waals surface area contributed by atoms with Crippen molar-refractivity contribution >= 4 is 27.8 Å². The predicted octanol–water partition coefficient (Wildman–Crippen LogP) is 1.60. The van der Waals surface area contributed by atoms with Crippen LogP contribution in [0.4, 0.5) is 0 Å².